The lowest BCUT2D eigenvalue weighted by Gasteiger charge is -2.16. The summed E-state index contributed by atoms with van der Waals surface area (Å²) in [5, 5.41) is 9.40. The molecular weight excluding hydrogens is 541 g/mol. The summed E-state index contributed by atoms with van der Waals surface area (Å²) in [6, 6.07) is 31.2. The number of allylic oxidation sites excluding steroid dienone is 8. The Labute approximate surface area is 253 Å². The van der Waals surface area contributed by atoms with Gasteiger partial charge in [0.05, 0.1) is 0 Å². The van der Waals surface area contributed by atoms with Crippen molar-refractivity contribution in [2.75, 3.05) is 0 Å². The van der Waals surface area contributed by atoms with Gasteiger partial charge in [-0.3, -0.25) is 0 Å². The molecule has 2 heterocycles. The normalized spacial score (nSPS) is 16.9. The van der Waals surface area contributed by atoms with Crippen LogP contribution in [0, 0.1) is 5.92 Å². The maximum absolute atomic E-state index is 5.15. The van der Waals surface area contributed by atoms with E-state index in [1.165, 1.54) is 48.2 Å². The largest absolute Gasteiger partial charge is 0.209 e. The zero-order valence-corrected chi connectivity index (χ0v) is 25.4. The summed E-state index contributed by atoms with van der Waals surface area (Å²) >= 11 is 0. The predicted octanol–water partition coefficient (Wildman–Crippen LogP) is 11.1. The van der Waals surface area contributed by atoms with E-state index in [9.17, 15) is 0 Å². The smallest absolute Gasteiger partial charge is 0.164 e. The van der Waals surface area contributed by atoms with Crippen LogP contribution in [0.5, 0.6) is 0 Å². The highest BCUT2D eigenvalue weighted by atomic mass is 31.1. The highest BCUT2D eigenvalue weighted by Gasteiger charge is 2.20. The summed E-state index contributed by atoms with van der Waals surface area (Å²) in [6.45, 7) is 4.43. The highest BCUT2D eigenvalue weighted by molar-refractivity contribution is 7.68. The standard InChI is InChI=1S/C39H32N3P/c1-25-15-19-27(20-16-25)37-40-38(28-21-17-26(2)18-22-28)42-39(41-37)33-23-24-36(30-10-4-3-9-29(30)33)43-34-13-7-5-11-31(34)32-12-6-8-14-35(32)43/h3-15,17,19-21,23-25H,16,18,22H2,1-2H3. The van der Waals surface area contributed by atoms with Crippen LogP contribution in [0.2, 0.25) is 0 Å². The van der Waals surface area contributed by atoms with E-state index in [4.69, 9.17) is 15.0 Å². The second kappa shape index (κ2) is 10.6. The average Bonchev–Trinajstić information content (AvgIpc) is 3.39. The van der Waals surface area contributed by atoms with Crippen molar-refractivity contribution in [1.29, 1.82) is 0 Å². The summed E-state index contributed by atoms with van der Waals surface area (Å²) in [4.78, 5) is 15.3. The van der Waals surface area contributed by atoms with Gasteiger partial charge in [-0.1, -0.05) is 123 Å². The minimum atomic E-state index is -0.682. The van der Waals surface area contributed by atoms with E-state index in [2.05, 4.69) is 129 Å². The molecule has 2 aliphatic rings. The lowest BCUT2D eigenvalue weighted by molar-refractivity contribution is 0.738. The van der Waals surface area contributed by atoms with Crippen molar-refractivity contribution in [3.8, 4) is 16.7 Å². The first-order valence-corrected chi connectivity index (χ1v) is 16.5. The highest BCUT2D eigenvalue weighted by Crippen LogP contribution is 2.57. The summed E-state index contributed by atoms with van der Waals surface area (Å²) in [6.07, 6.45) is 14.1. The molecule has 0 saturated carbocycles. The Kier molecular flexibility index (Phi) is 6.42. The first kappa shape index (κ1) is 26.1. The van der Waals surface area contributed by atoms with Gasteiger partial charge in [0.2, 0.25) is 0 Å². The number of aromatic nitrogens is 3. The zero-order chi connectivity index (χ0) is 28.9. The van der Waals surface area contributed by atoms with Crippen LogP contribution in [0.4, 0.5) is 0 Å². The predicted molar refractivity (Wildman–Crippen MR) is 184 cm³/mol. The zero-order valence-electron chi connectivity index (χ0n) is 24.5. The third kappa shape index (κ3) is 4.56. The van der Waals surface area contributed by atoms with Crippen LogP contribution in [0.3, 0.4) is 0 Å². The molecule has 0 saturated heterocycles. The van der Waals surface area contributed by atoms with Gasteiger partial charge in [-0.15, -0.1) is 0 Å². The molecule has 2 aliphatic carbocycles. The molecule has 3 nitrogen and oxygen atoms in total. The molecule has 0 fully saturated rings. The van der Waals surface area contributed by atoms with E-state index in [1.54, 1.807) is 0 Å². The van der Waals surface area contributed by atoms with E-state index in [0.717, 1.165) is 47.9 Å². The van der Waals surface area contributed by atoms with Crippen LogP contribution in [0.15, 0.2) is 121 Å². The Morgan fingerprint density at radius 3 is 1.98 bits per heavy atom. The van der Waals surface area contributed by atoms with Crippen molar-refractivity contribution < 1.29 is 0 Å². The molecule has 6 aromatic rings. The molecule has 0 N–H and O–H groups in total. The Balaban J connectivity index is 1.36. The third-order valence-corrected chi connectivity index (χ3v) is 11.4. The van der Waals surface area contributed by atoms with Crippen LogP contribution in [-0.2, 0) is 0 Å². The molecule has 0 radical (unpaired) electrons. The van der Waals surface area contributed by atoms with Gasteiger partial charge in [0.15, 0.2) is 17.5 Å². The van der Waals surface area contributed by atoms with Crippen molar-refractivity contribution in [1.82, 2.24) is 15.0 Å². The maximum atomic E-state index is 5.15. The Morgan fingerprint density at radius 1 is 0.651 bits per heavy atom. The molecule has 4 aromatic carbocycles. The van der Waals surface area contributed by atoms with E-state index >= 15 is 0 Å². The van der Waals surface area contributed by atoms with Gasteiger partial charge in [0.25, 0.3) is 0 Å². The lowest BCUT2D eigenvalue weighted by atomic mass is 9.97. The summed E-state index contributed by atoms with van der Waals surface area (Å²) in [5.74, 6) is 2.81. The van der Waals surface area contributed by atoms with Crippen LogP contribution >= 0.6 is 7.53 Å². The Hall–Kier alpha value is -4.59. The molecule has 43 heavy (non-hydrogen) atoms. The minimum absolute atomic E-state index is 0.531. The van der Waals surface area contributed by atoms with Crippen molar-refractivity contribution in [2.45, 2.75) is 33.1 Å². The number of hydrogen-bond acceptors (Lipinski definition) is 3. The van der Waals surface area contributed by atoms with E-state index < -0.39 is 7.53 Å². The molecule has 1 unspecified atom stereocenters. The summed E-state index contributed by atoms with van der Waals surface area (Å²) in [7, 11) is -0.682. The number of nitrogens with zero attached hydrogens (tertiary/aromatic N) is 3. The summed E-state index contributed by atoms with van der Waals surface area (Å²) < 4.78 is 0. The molecule has 4 heteroatoms. The second-order valence-corrected chi connectivity index (χ2v) is 13.9. The average molecular weight is 574 g/mol. The van der Waals surface area contributed by atoms with Gasteiger partial charge in [0.1, 0.15) is 0 Å². The van der Waals surface area contributed by atoms with Crippen LogP contribution in [0.25, 0.3) is 59.6 Å². The minimum Gasteiger partial charge on any atom is -0.209 e. The van der Waals surface area contributed by atoms with Gasteiger partial charge < -0.3 is 0 Å². The molecule has 2 aromatic heterocycles. The molecule has 0 aliphatic heterocycles. The van der Waals surface area contributed by atoms with Gasteiger partial charge in [-0.2, -0.15) is 0 Å². The quantitative estimate of drug-likeness (QED) is 0.211. The van der Waals surface area contributed by atoms with E-state index in [-0.39, 0.29) is 0 Å². The number of hydrogen-bond donors (Lipinski definition) is 0. The lowest BCUT2D eigenvalue weighted by Crippen LogP contribution is -2.07. The number of benzene rings is 4. The van der Waals surface area contributed by atoms with Crippen molar-refractivity contribution in [2.24, 2.45) is 5.92 Å². The second-order valence-electron chi connectivity index (χ2n) is 11.8. The fourth-order valence-corrected chi connectivity index (χ4v) is 9.23. The molecular formula is C39H32N3P. The van der Waals surface area contributed by atoms with Gasteiger partial charge >= 0.3 is 0 Å². The fourth-order valence-electron chi connectivity index (χ4n) is 6.45. The summed E-state index contributed by atoms with van der Waals surface area (Å²) in [5.41, 5.74) is 4.70. The third-order valence-electron chi connectivity index (χ3n) is 8.82. The van der Waals surface area contributed by atoms with Gasteiger partial charge in [-0.05, 0) is 71.4 Å². The molecule has 0 amide bonds. The monoisotopic (exact) mass is 573 g/mol. The van der Waals surface area contributed by atoms with Crippen molar-refractivity contribution in [3.05, 3.63) is 133 Å². The fraction of sp³-hybridized carbons (Fsp3) is 0.154. The van der Waals surface area contributed by atoms with Crippen molar-refractivity contribution in [3.63, 3.8) is 0 Å². The number of rotatable bonds is 4. The molecule has 8 rings (SSSR count). The van der Waals surface area contributed by atoms with Crippen LogP contribution < -0.4 is 0 Å². The van der Waals surface area contributed by atoms with Crippen molar-refractivity contribution >= 4 is 50.5 Å². The topological polar surface area (TPSA) is 38.7 Å². The van der Waals surface area contributed by atoms with E-state index in [1.807, 2.05) is 0 Å². The maximum Gasteiger partial charge on any atom is 0.164 e. The SMILES string of the molecule is CC1=CC=C(c2nc(C3=CCC(C)C=C3)nc(-c3ccc(-p4c5ccccc5c5ccccc54)c4ccccc34)n2)CC1. The molecule has 0 bridgehead atoms. The Morgan fingerprint density at radius 2 is 1.30 bits per heavy atom. The first-order chi connectivity index (χ1) is 21.1. The van der Waals surface area contributed by atoms with Gasteiger partial charge in [0, 0.05) is 26.7 Å². The van der Waals surface area contributed by atoms with Crippen LogP contribution in [0.1, 0.15) is 44.8 Å². The number of fused-ring (bicyclic) bond motifs is 4. The molecule has 0 spiro atoms. The molecule has 208 valence electrons. The Bertz CT molecular complexity index is 2140. The van der Waals surface area contributed by atoms with E-state index in [0.29, 0.717) is 5.92 Å². The van der Waals surface area contributed by atoms with Crippen LogP contribution in [-0.4, -0.2) is 15.0 Å². The molecule has 1 atom stereocenters. The first-order valence-electron chi connectivity index (χ1n) is 15.2. The van der Waals surface area contributed by atoms with Gasteiger partial charge in [-0.25, -0.2) is 15.0 Å².